The molecule has 1 aliphatic rings. The highest BCUT2D eigenvalue weighted by atomic mass is 16.2. The lowest BCUT2D eigenvalue weighted by Gasteiger charge is -2.16. The summed E-state index contributed by atoms with van der Waals surface area (Å²) in [6.07, 6.45) is 4.57. The Kier molecular flexibility index (Phi) is 4.86. The molecule has 0 atom stereocenters. The summed E-state index contributed by atoms with van der Waals surface area (Å²) in [5.74, 6) is -0.0514. The Labute approximate surface area is 164 Å². The Morgan fingerprint density at radius 2 is 1.93 bits per heavy atom. The molecule has 144 valence electrons. The first-order valence-corrected chi connectivity index (χ1v) is 9.74. The molecular formula is C22H24N4O2. The van der Waals surface area contributed by atoms with Crippen molar-refractivity contribution in [3.63, 3.8) is 0 Å². The molecule has 0 spiro atoms. The van der Waals surface area contributed by atoms with Crippen molar-refractivity contribution in [2.24, 2.45) is 0 Å². The van der Waals surface area contributed by atoms with Crippen LogP contribution < -0.4 is 4.90 Å². The number of hydrogen-bond acceptors (Lipinski definition) is 3. The van der Waals surface area contributed by atoms with Crippen LogP contribution in [0.15, 0.2) is 48.7 Å². The van der Waals surface area contributed by atoms with Crippen molar-refractivity contribution in [1.29, 1.82) is 0 Å². The maximum atomic E-state index is 13.3. The molecule has 3 aromatic rings. The van der Waals surface area contributed by atoms with Gasteiger partial charge in [0.1, 0.15) is 0 Å². The van der Waals surface area contributed by atoms with Gasteiger partial charge >= 0.3 is 0 Å². The van der Waals surface area contributed by atoms with Crippen molar-refractivity contribution >= 4 is 23.0 Å². The van der Waals surface area contributed by atoms with Gasteiger partial charge in [0.25, 0.3) is 11.8 Å². The molecule has 3 heterocycles. The molecule has 4 rings (SSSR count). The predicted octanol–water partition coefficient (Wildman–Crippen LogP) is 3.41. The minimum Gasteiger partial charge on any atom is -0.339 e. The van der Waals surface area contributed by atoms with Gasteiger partial charge in [0.2, 0.25) is 5.82 Å². The summed E-state index contributed by atoms with van der Waals surface area (Å²) in [6, 6.07) is 13.5. The first-order chi connectivity index (χ1) is 13.6. The van der Waals surface area contributed by atoms with Crippen LogP contribution in [0, 0.1) is 0 Å². The van der Waals surface area contributed by atoms with Crippen LogP contribution in [-0.4, -0.2) is 46.2 Å². The lowest BCUT2D eigenvalue weighted by atomic mass is 10.2. The first kappa shape index (κ1) is 18.2. The molecule has 6 nitrogen and oxygen atoms in total. The van der Waals surface area contributed by atoms with E-state index in [0.29, 0.717) is 24.3 Å². The van der Waals surface area contributed by atoms with Crippen molar-refractivity contribution in [3.05, 3.63) is 65.7 Å². The number of carbonyl (C=O) groups is 2. The zero-order chi connectivity index (χ0) is 19.7. The van der Waals surface area contributed by atoms with E-state index in [9.17, 15) is 9.59 Å². The van der Waals surface area contributed by atoms with Gasteiger partial charge in [-0.25, -0.2) is 4.98 Å². The number of para-hydroxylation sites is 1. The van der Waals surface area contributed by atoms with Crippen molar-refractivity contribution < 1.29 is 9.59 Å². The Bertz CT molecular complexity index is 1040. The number of rotatable bonds is 5. The number of nitrogens with zero attached hydrogens (tertiary/aromatic N) is 4. The Balaban J connectivity index is 1.73. The van der Waals surface area contributed by atoms with Crippen LogP contribution in [-0.2, 0) is 6.42 Å². The predicted molar refractivity (Wildman–Crippen MR) is 109 cm³/mol. The Morgan fingerprint density at radius 3 is 2.75 bits per heavy atom. The average molecular weight is 376 g/mol. The van der Waals surface area contributed by atoms with Crippen LogP contribution in [0.3, 0.4) is 0 Å². The summed E-state index contributed by atoms with van der Waals surface area (Å²) in [6.45, 7) is 3.39. The topological polar surface area (TPSA) is 57.9 Å². The molecule has 0 saturated heterocycles. The zero-order valence-corrected chi connectivity index (χ0v) is 16.3. The normalized spacial score (nSPS) is 13.0. The quantitative estimate of drug-likeness (QED) is 0.686. The number of fused-ring (bicyclic) bond motifs is 2. The van der Waals surface area contributed by atoms with Gasteiger partial charge in [0.05, 0.1) is 5.52 Å². The van der Waals surface area contributed by atoms with Gasteiger partial charge in [0.15, 0.2) is 5.69 Å². The highest BCUT2D eigenvalue weighted by Crippen LogP contribution is 2.29. The lowest BCUT2D eigenvalue weighted by molar-refractivity contribution is 0.0780. The van der Waals surface area contributed by atoms with Crippen LogP contribution in [0.1, 0.15) is 46.4 Å². The van der Waals surface area contributed by atoms with Gasteiger partial charge in [0, 0.05) is 32.0 Å². The van der Waals surface area contributed by atoms with Gasteiger partial charge < -0.3 is 9.80 Å². The van der Waals surface area contributed by atoms with Gasteiger partial charge in [-0.15, -0.1) is 0 Å². The maximum absolute atomic E-state index is 13.3. The molecule has 0 radical (unpaired) electrons. The number of benzene rings is 1. The monoisotopic (exact) mass is 376 g/mol. The molecule has 2 amide bonds. The van der Waals surface area contributed by atoms with E-state index in [1.807, 2.05) is 42.5 Å². The van der Waals surface area contributed by atoms with E-state index in [4.69, 9.17) is 0 Å². The molecule has 2 aromatic heterocycles. The van der Waals surface area contributed by atoms with E-state index in [1.165, 1.54) is 0 Å². The lowest BCUT2D eigenvalue weighted by Crippen LogP contribution is -2.30. The van der Waals surface area contributed by atoms with Crippen LogP contribution in [0.5, 0.6) is 0 Å². The summed E-state index contributed by atoms with van der Waals surface area (Å²) in [5, 5.41) is 0. The molecule has 0 fully saturated rings. The average Bonchev–Trinajstić information content (AvgIpc) is 3.33. The van der Waals surface area contributed by atoms with Crippen molar-refractivity contribution in [2.75, 3.05) is 25.0 Å². The van der Waals surface area contributed by atoms with Gasteiger partial charge in [-0.05, 0) is 36.6 Å². The highest BCUT2D eigenvalue weighted by Gasteiger charge is 2.30. The maximum Gasteiger partial charge on any atom is 0.289 e. The van der Waals surface area contributed by atoms with Crippen molar-refractivity contribution in [1.82, 2.24) is 14.3 Å². The number of unbranched alkanes of at least 4 members (excludes halogenated alkanes) is 1. The first-order valence-electron chi connectivity index (χ1n) is 9.74. The molecular weight excluding hydrogens is 352 g/mol. The minimum atomic E-state index is -0.171. The van der Waals surface area contributed by atoms with E-state index in [0.717, 1.165) is 30.5 Å². The highest BCUT2D eigenvalue weighted by molar-refractivity contribution is 6.11. The smallest absolute Gasteiger partial charge is 0.289 e. The second-order valence-electron chi connectivity index (χ2n) is 7.16. The van der Waals surface area contributed by atoms with Gasteiger partial charge in [-0.1, -0.05) is 37.6 Å². The summed E-state index contributed by atoms with van der Waals surface area (Å²) in [7, 11) is 1.78. The number of pyridine rings is 1. The van der Waals surface area contributed by atoms with Crippen LogP contribution in [0.2, 0.25) is 0 Å². The number of aromatic nitrogens is 2. The van der Waals surface area contributed by atoms with E-state index in [1.54, 1.807) is 27.4 Å². The third-order valence-corrected chi connectivity index (χ3v) is 5.27. The number of amides is 2. The molecule has 1 aliphatic heterocycles. The van der Waals surface area contributed by atoms with E-state index < -0.39 is 0 Å². The van der Waals surface area contributed by atoms with E-state index in [2.05, 4.69) is 11.9 Å². The summed E-state index contributed by atoms with van der Waals surface area (Å²) < 4.78 is 1.72. The van der Waals surface area contributed by atoms with Gasteiger partial charge in [-0.2, -0.15) is 0 Å². The summed E-state index contributed by atoms with van der Waals surface area (Å²) in [4.78, 5) is 34.2. The molecule has 0 aliphatic carbocycles. The molecule has 0 unspecified atom stereocenters. The van der Waals surface area contributed by atoms with Gasteiger partial charge in [-0.3, -0.25) is 14.0 Å². The molecule has 6 heteroatoms. The molecule has 28 heavy (non-hydrogen) atoms. The SMILES string of the molecule is CCCCN(C)C(=O)c1nc(C(=O)N2CCc3ccccc32)c2ccccn12. The number of carbonyl (C=O) groups excluding carboxylic acids is 2. The fourth-order valence-corrected chi connectivity index (χ4v) is 3.69. The molecule has 1 aromatic carbocycles. The summed E-state index contributed by atoms with van der Waals surface area (Å²) in [5.41, 5.74) is 3.07. The number of imidazole rings is 1. The van der Waals surface area contributed by atoms with Crippen molar-refractivity contribution in [2.45, 2.75) is 26.2 Å². The number of anilines is 1. The standard InChI is InChI=1S/C22H24N4O2/c1-3-4-13-24(2)22(28)20-23-19(18-11-7-8-14-25(18)20)21(27)26-15-12-16-9-5-6-10-17(16)26/h5-11,14H,3-4,12-13,15H2,1-2H3. The Hall–Kier alpha value is -3.15. The minimum absolute atomic E-state index is 0.163. The van der Waals surface area contributed by atoms with Crippen molar-refractivity contribution in [3.8, 4) is 0 Å². The largest absolute Gasteiger partial charge is 0.339 e. The third kappa shape index (κ3) is 3.05. The number of hydrogen-bond donors (Lipinski definition) is 0. The molecule has 0 N–H and O–H groups in total. The summed E-state index contributed by atoms with van der Waals surface area (Å²) >= 11 is 0. The fraction of sp³-hybridized carbons (Fsp3) is 0.318. The third-order valence-electron chi connectivity index (χ3n) is 5.27. The van der Waals surface area contributed by atoms with Crippen LogP contribution in [0.4, 0.5) is 5.69 Å². The van der Waals surface area contributed by atoms with Crippen LogP contribution in [0.25, 0.3) is 5.52 Å². The zero-order valence-electron chi connectivity index (χ0n) is 16.3. The Morgan fingerprint density at radius 1 is 1.14 bits per heavy atom. The van der Waals surface area contributed by atoms with E-state index in [-0.39, 0.29) is 17.6 Å². The molecule has 0 saturated carbocycles. The second kappa shape index (κ2) is 7.46. The fourth-order valence-electron chi connectivity index (χ4n) is 3.69. The second-order valence-corrected chi connectivity index (χ2v) is 7.16. The molecule has 0 bridgehead atoms. The van der Waals surface area contributed by atoms with Crippen LogP contribution >= 0.6 is 0 Å². The van der Waals surface area contributed by atoms with E-state index >= 15 is 0 Å².